The molecule has 0 aromatic rings. The van der Waals surface area contributed by atoms with E-state index < -0.39 is 12.0 Å². The van der Waals surface area contributed by atoms with Crippen molar-refractivity contribution in [2.75, 3.05) is 0 Å². The first-order valence-electron chi connectivity index (χ1n) is 4.62. The van der Waals surface area contributed by atoms with Gasteiger partial charge < -0.3 is 10.0 Å². The molecule has 1 N–H and O–H groups in total. The maximum atomic E-state index is 11.4. The Morgan fingerprint density at radius 3 is 2.54 bits per heavy atom. The molecule has 4 nitrogen and oxygen atoms in total. The summed E-state index contributed by atoms with van der Waals surface area (Å²) < 4.78 is 0. The van der Waals surface area contributed by atoms with Gasteiger partial charge in [0.2, 0.25) is 5.91 Å². The smallest absolute Gasteiger partial charge is 0.326 e. The van der Waals surface area contributed by atoms with Gasteiger partial charge in [0.15, 0.2) is 0 Å². The molecule has 2 atom stereocenters. The van der Waals surface area contributed by atoms with Crippen molar-refractivity contribution in [2.45, 2.75) is 45.2 Å². The lowest BCUT2D eigenvalue weighted by Crippen LogP contribution is -2.43. The lowest BCUT2D eigenvalue weighted by Gasteiger charge is -2.25. The van der Waals surface area contributed by atoms with Crippen LogP contribution in [0.3, 0.4) is 0 Å². The molecule has 0 spiro atoms. The first kappa shape index (κ1) is 10.0. The molecule has 0 saturated carbocycles. The van der Waals surface area contributed by atoms with Crippen LogP contribution in [0, 0.1) is 0 Å². The molecule has 1 amide bonds. The van der Waals surface area contributed by atoms with Gasteiger partial charge in [0.1, 0.15) is 6.04 Å². The van der Waals surface area contributed by atoms with Crippen molar-refractivity contribution in [3.05, 3.63) is 0 Å². The summed E-state index contributed by atoms with van der Waals surface area (Å²) in [4.78, 5) is 23.7. The summed E-state index contributed by atoms with van der Waals surface area (Å²) in [6.45, 7) is 3.66. The van der Waals surface area contributed by atoms with Crippen molar-refractivity contribution in [1.82, 2.24) is 4.90 Å². The van der Waals surface area contributed by atoms with E-state index in [1.807, 2.05) is 6.92 Å². The number of hydrogen-bond acceptors (Lipinski definition) is 2. The first-order valence-corrected chi connectivity index (χ1v) is 4.62. The molecule has 1 aliphatic rings. The molecule has 0 radical (unpaired) electrons. The summed E-state index contributed by atoms with van der Waals surface area (Å²) in [5.41, 5.74) is 0. The third kappa shape index (κ3) is 1.82. The fourth-order valence-corrected chi connectivity index (χ4v) is 1.83. The van der Waals surface area contributed by atoms with Crippen molar-refractivity contribution in [2.24, 2.45) is 0 Å². The van der Waals surface area contributed by atoms with Gasteiger partial charge in [0.05, 0.1) is 0 Å². The van der Waals surface area contributed by atoms with Crippen LogP contribution in [0.4, 0.5) is 0 Å². The highest BCUT2D eigenvalue weighted by molar-refractivity contribution is 5.84. The van der Waals surface area contributed by atoms with Crippen LogP contribution < -0.4 is 0 Å². The maximum absolute atomic E-state index is 11.4. The third-order valence-electron chi connectivity index (χ3n) is 2.54. The van der Waals surface area contributed by atoms with Crippen LogP contribution in [0.2, 0.25) is 0 Å². The fraction of sp³-hybridized carbons (Fsp3) is 0.778. The van der Waals surface area contributed by atoms with Gasteiger partial charge in [-0.25, -0.2) is 4.79 Å². The number of amides is 1. The molecule has 0 bridgehead atoms. The average molecular weight is 185 g/mol. The Bertz CT molecular complexity index is 227. The molecule has 1 fully saturated rings. The molecular weight excluding hydrogens is 170 g/mol. The van der Waals surface area contributed by atoms with Crippen LogP contribution in [-0.4, -0.2) is 34.0 Å². The van der Waals surface area contributed by atoms with Crippen LogP contribution in [-0.2, 0) is 9.59 Å². The van der Waals surface area contributed by atoms with Gasteiger partial charge in [-0.05, 0) is 19.8 Å². The van der Waals surface area contributed by atoms with Gasteiger partial charge in [-0.2, -0.15) is 0 Å². The standard InChI is InChI=1S/C9H15NO3/c1-3-8(11)10-6(2)4-5-7(10)9(12)13/h6-7H,3-5H2,1-2H3,(H,12,13)/t6-,7?/m0/s1. The van der Waals surface area contributed by atoms with E-state index in [9.17, 15) is 9.59 Å². The Morgan fingerprint density at radius 2 is 2.08 bits per heavy atom. The monoisotopic (exact) mass is 185 g/mol. The highest BCUT2D eigenvalue weighted by Gasteiger charge is 2.37. The second-order valence-electron chi connectivity index (χ2n) is 3.43. The number of nitrogens with zero attached hydrogens (tertiary/aromatic N) is 1. The van der Waals surface area contributed by atoms with Crippen molar-refractivity contribution in [3.63, 3.8) is 0 Å². The number of rotatable bonds is 2. The number of aliphatic carboxylic acids is 1. The summed E-state index contributed by atoms with van der Waals surface area (Å²) >= 11 is 0. The van der Waals surface area contributed by atoms with Crippen molar-refractivity contribution >= 4 is 11.9 Å². The van der Waals surface area contributed by atoms with Crippen molar-refractivity contribution in [3.8, 4) is 0 Å². The summed E-state index contributed by atoms with van der Waals surface area (Å²) in [6.07, 6.45) is 1.76. The summed E-state index contributed by atoms with van der Waals surface area (Å²) in [7, 11) is 0. The molecule has 1 unspecified atom stereocenters. The maximum Gasteiger partial charge on any atom is 0.326 e. The third-order valence-corrected chi connectivity index (χ3v) is 2.54. The lowest BCUT2D eigenvalue weighted by atomic mass is 10.2. The van der Waals surface area contributed by atoms with Crippen LogP contribution in [0.25, 0.3) is 0 Å². The summed E-state index contributed by atoms with van der Waals surface area (Å²) in [5, 5.41) is 8.85. The van der Waals surface area contributed by atoms with Crippen molar-refractivity contribution < 1.29 is 14.7 Å². The fourth-order valence-electron chi connectivity index (χ4n) is 1.83. The molecule has 1 saturated heterocycles. The molecule has 74 valence electrons. The Balaban J connectivity index is 2.76. The summed E-state index contributed by atoms with van der Waals surface area (Å²) in [6, 6.07) is -0.518. The molecule has 1 heterocycles. The number of carboxylic acid groups (broad SMARTS) is 1. The zero-order valence-corrected chi connectivity index (χ0v) is 7.99. The number of hydrogen-bond donors (Lipinski definition) is 1. The Labute approximate surface area is 77.5 Å². The van der Waals surface area contributed by atoms with Gasteiger partial charge in [-0.1, -0.05) is 6.92 Å². The van der Waals surface area contributed by atoms with Crippen LogP contribution in [0.15, 0.2) is 0 Å². The number of likely N-dealkylation sites (tertiary alicyclic amines) is 1. The van der Waals surface area contributed by atoms with Gasteiger partial charge in [0.25, 0.3) is 0 Å². The van der Waals surface area contributed by atoms with Crippen LogP contribution in [0.5, 0.6) is 0 Å². The molecular formula is C9H15NO3. The predicted octanol–water partition coefficient (Wildman–Crippen LogP) is 0.861. The topological polar surface area (TPSA) is 57.6 Å². The quantitative estimate of drug-likeness (QED) is 0.694. The normalized spacial score (nSPS) is 27.7. The molecule has 4 heteroatoms. The number of carboxylic acids is 1. The molecule has 0 aliphatic carbocycles. The minimum absolute atomic E-state index is 0.0580. The first-order chi connectivity index (χ1) is 6.07. The van der Waals surface area contributed by atoms with E-state index in [4.69, 9.17) is 5.11 Å². The number of carbonyl (C=O) groups excluding carboxylic acids is 1. The minimum Gasteiger partial charge on any atom is -0.480 e. The zero-order chi connectivity index (χ0) is 10.0. The molecule has 1 rings (SSSR count). The van der Waals surface area contributed by atoms with E-state index in [1.54, 1.807) is 6.92 Å². The van der Waals surface area contributed by atoms with Crippen LogP contribution >= 0.6 is 0 Å². The van der Waals surface area contributed by atoms with E-state index in [1.165, 1.54) is 4.90 Å². The molecule has 1 aliphatic heterocycles. The van der Waals surface area contributed by atoms with Gasteiger partial charge in [-0.3, -0.25) is 4.79 Å². The molecule has 0 aromatic carbocycles. The zero-order valence-electron chi connectivity index (χ0n) is 7.99. The minimum atomic E-state index is -0.883. The van der Waals surface area contributed by atoms with Gasteiger partial charge in [-0.15, -0.1) is 0 Å². The second-order valence-corrected chi connectivity index (χ2v) is 3.43. The van der Waals surface area contributed by atoms with E-state index >= 15 is 0 Å². The van der Waals surface area contributed by atoms with Crippen LogP contribution in [0.1, 0.15) is 33.1 Å². The Hall–Kier alpha value is -1.06. The SMILES string of the molecule is CCC(=O)N1C(C(=O)O)CC[C@@H]1C. The predicted molar refractivity (Wildman–Crippen MR) is 47.3 cm³/mol. The Morgan fingerprint density at radius 1 is 1.46 bits per heavy atom. The second kappa shape index (κ2) is 3.77. The Kier molecular flexibility index (Phi) is 2.90. The van der Waals surface area contributed by atoms with Gasteiger partial charge in [0, 0.05) is 12.5 Å². The lowest BCUT2D eigenvalue weighted by molar-refractivity contribution is -0.149. The van der Waals surface area contributed by atoms with Gasteiger partial charge >= 0.3 is 5.97 Å². The summed E-state index contributed by atoms with van der Waals surface area (Å²) in [5.74, 6) is -0.941. The molecule has 13 heavy (non-hydrogen) atoms. The molecule has 0 aromatic heterocycles. The van der Waals surface area contributed by atoms with E-state index in [-0.39, 0.29) is 11.9 Å². The van der Waals surface area contributed by atoms with Crippen molar-refractivity contribution in [1.29, 1.82) is 0 Å². The average Bonchev–Trinajstić information content (AvgIpc) is 2.46. The van der Waals surface area contributed by atoms with E-state index in [0.29, 0.717) is 12.8 Å². The van der Waals surface area contributed by atoms with E-state index in [2.05, 4.69) is 0 Å². The highest BCUT2D eigenvalue weighted by Crippen LogP contribution is 2.24. The highest BCUT2D eigenvalue weighted by atomic mass is 16.4. The largest absolute Gasteiger partial charge is 0.480 e. The number of carbonyl (C=O) groups is 2. The van der Waals surface area contributed by atoms with E-state index in [0.717, 1.165) is 6.42 Å².